The van der Waals surface area contributed by atoms with E-state index >= 15 is 0 Å². The predicted octanol–water partition coefficient (Wildman–Crippen LogP) is 1.69. The number of fused-ring (bicyclic) bond motifs is 1. The predicted molar refractivity (Wildman–Crippen MR) is 48.5 cm³/mol. The number of aromatic nitrogens is 2. The maximum absolute atomic E-state index is 6.98. The molecule has 2 aromatic rings. The molecule has 2 heterocycles. The van der Waals surface area contributed by atoms with Gasteiger partial charge in [0, 0.05) is 24.0 Å². The van der Waals surface area contributed by atoms with Crippen molar-refractivity contribution in [1.82, 2.24) is 9.55 Å². The Hall–Kier alpha value is -1.64. The highest BCUT2D eigenvalue weighted by molar-refractivity contribution is 5.76. The highest BCUT2D eigenvalue weighted by Gasteiger charge is 1.97. The summed E-state index contributed by atoms with van der Waals surface area (Å²) in [5, 5.41) is 8.10. The molecule has 60 valence electrons. The SMILES string of the molecule is N=CCn1ccc2cccnc21. The summed E-state index contributed by atoms with van der Waals surface area (Å²) in [6, 6.07) is 5.94. The Morgan fingerprint density at radius 2 is 2.42 bits per heavy atom. The summed E-state index contributed by atoms with van der Waals surface area (Å²) in [6.07, 6.45) is 5.08. The van der Waals surface area contributed by atoms with E-state index in [0.29, 0.717) is 6.54 Å². The van der Waals surface area contributed by atoms with Gasteiger partial charge >= 0.3 is 0 Å². The van der Waals surface area contributed by atoms with Gasteiger partial charge in [-0.15, -0.1) is 0 Å². The van der Waals surface area contributed by atoms with Gasteiger partial charge in [-0.3, -0.25) is 0 Å². The molecule has 2 rings (SSSR count). The van der Waals surface area contributed by atoms with E-state index in [4.69, 9.17) is 5.41 Å². The van der Waals surface area contributed by atoms with Crippen molar-refractivity contribution in [2.75, 3.05) is 0 Å². The van der Waals surface area contributed by atoms with Crippen molar-refractivity contribution in [3.63, 3.8) is 0 Å². The van der Waals surface area contributed by atoms with Crippen LogP contribution in [0.25, 0.3) is 11.0 Å². The Kier molecular flexibility index (Phi) is 1.63. The molecular weight excluding hydrogens is 150 g/mol. The molecule has 12 heavy (non-hydrogen) atoms. The largest absolute Gasteiger partial charge is 0.327 e. The first-order chi connectivity index (χ1) is 5.92. The third-order valence-corrected chi connectivity index (χ3v) is 1.81. The molecule has 0 aliphatic heterocycles. The Bertz CT molecular complexity index is 403. The molecule has 0 aromatic carbocycles. The molecule has 3 nitrogen and oxygen atoms in total. The van der Waals surface area contributed by atoms with E-state index < -0.39 is 0 Å². The van der Waals surface area contributed by atoms with Crippen molar-refractivity contribution in [1.29, 1.82) is 5.41 Å². The molecule has 0 saturated heterocycles. The quantitative estimate of drug-likeness (QED) is 0.665. The van der Waals surface area contributed by atoms with Gasteiger partial charge in [-0.2, -0.15) is 0 Å². The molecular formula is C9H9N3. The zero-order valence-corrected chi connectivity index (χ0v) is 6.57. The molecule has 0 fully saturated rings. The third-order valence-electron chi connectivity index (χ3n) is 1.81. The number of hydrogen-bond acceptors (Lipinski definition) is 2. The first-order valence-corrected chi connectivity index (χ1v) is 3.80. The maximum atomic E-state index is 6.98. The van der Waals surface area contributed by atoms with E-state index in [1.807, 2.05) is 29.0 Å². The van der Waals surface area contributed by atoms with Crippen LogP contribution in [0.15, 0.2) is 30.6 Å². The minimum Gasteiger partial charge on any atom is -0.327 e. The lowest BCUT2D eigenvalue weighted by molar-refractivity contribution is 0.891. The fourth-order valence-corrected chi connectivity index (χ4v) is 1.27. The lowest BCUT2D eigenvalue weighted by Crippen LogP contribution is -1.96. The number of nitrogens with zero attached hydrogens (tertiary/aromatic N) is 2. The van der Waals surface area contributed by atoms with Crippen LogP contribution in [0.5, 0.6) is 0 Å². The van der Waals surface area contributed by atoms with Crippen molar-refractivity contribution in [3.05, 3.63) is 30.6 Å². The molecule has 0 saturated carbocycles. The van der Waals surface area contributed by atoms with Gasteiger partial charge < -0.3 is 9.98 Å². The average Bonchev–Trinajstić information content (AvgIpc) is 2.50. The molecule has 3 heteroatoms. The molecule has 1 N–H and O–H groups in total. The van der Waals surface area contributed by atoms with Gasteiger partial charge in [0.1, 0.15) is 5.65 Å². The van der Waals surface area contributed by atoms with Crippen LogP contribution in [0, 0.1) is 5.41 Å². The summed E-state index contributed by atoms with van der Waals surface area (Å²) in [5.74, 6) is 0. The first-order valence-electron chi connectivity index (χ1n) is 3.80. The minimum absolute atomic E-state index is 0.598. The van der Waals surface area contributed by atoms with Gasteiger partial charge in [-0.25, -0.2) is 4.98 Å². The lowest BCUT2D eigenvalue weighted by atomic mass is 10.3. The molecule has 0 atom stereocenters. The van der Waals surface area contributed by atoms with Crippen molar-refractivity contribution >= 4 is 17.2 Å². The van der Waals surface area contributed by atoms with E-state index in [1.54, 1.807) is 6.20 Å². The number of rotatable bonds is 2. The van der Waals surface area contributed by atoms with Crippen molar-refractivity contribution in [2.24, 2.45) is 0 Å². The standard InChI is InChI=1S/C9H9N3/c10-4-7-12-6-3-8-2-1-5-11-9(8)12/h1-6,10H,7H2. The van der Waals surface area contributed by atoms with Crippen LogP contribution < -0.4 is 0 Å². The van der Waals surface area contributed by atoms with Crippen molar-refractivity contribution in [2.45, 2.75) is 6.54 Å². The smallest absolute Gasteiger partial charge is 0.140 e. The highest BCUT2D eigenvalue weighted by atomic mass is 15.0. The first kappa shape index (κ1) is 7.03. The Morgan fingerprint density at radius 1 is 1.50 bits per heavy atom. The van der Waals surface area contributed by atoms with Crippen LogP contribution in [0.3, 0.4) is 0 Å². The van der Waals surface area contributed by atoms with Crippen LogP contribution in [-0.2, 0) is 6.54 Å². The Balaban J connectivity index is 2.62. The van der Waals surface area contributed by atoms with Gasteiger partial charge in [0.2, 0.25) is 0 Å². The highest BCUT2D eigenvalue weighted by Crippen LogP contribution is 2.10. The number of hydrogen-bond donors (Lipinski definition) is 1. The van der Waals surface area contributed by atoms with E-state index in [-0.39, 0.29) is 0 Å². The van der Waals surface area contributed by atoms with Gasteiger partial charge in [-0.05, 0) is 18.2 Å². The van der Waals surface area contributed by atoms with E-state index in [0.717, 1.165) is 11.0 Å². The summed E-state index contributed by atoms with van der Waals surface area (Å²) in [6.45, 7) is 0.598. The molecule has 0 aliphatic carbocycles. The van der Waals surface area contributed by atoms with Crippen LogP contribution in [-0.4, -0.2) is 15.8 Å². The fraction of sp³-hybridized carbons (Fsp3) is 0.111. The topological polar surface area (TPSA) is 41.7 Å². The second kappa shape index (κ2) is 2.77. The molecule has 0 radical (unpaired) electrons. The summed E-state index contributed by atoms with van der Waals surface area (Å²) >= 11 is 0. The van der Waals surface area contributed by atoms with Gasteiger partial charge in [0.15, 0.2) is 0 Å². The van der Waals surface area contributed by atoms with E-state index in [1.165, 1.54) is 6.21 Å². The van der Waals surface area contributed by atoms with Gasteiger partial charge in [0.25, 0.3) is 0 Å². The summed E-state index contributed by atoms with van der Waals surface area (Å²) < 4.78 is 1.95. The van der Waals surface area contributed by atoms with E-state index in [2.05, 4.69) is 4.98 Å². The lowest BCUT2D eigenvalue weighted by Gasteiger charge is -1.97. The van der Waals surface area contributed by atoms with Gasteiger partial charge in [0.05, 0.1) is 6.54 Å². The normalized spacial score (nSPS) is 10.3. The number of nitrogens with one attached hydrogen (secondary N) is 1. The Labute approximate surface area is 70.2 Å². The second-order valence-corrected chi connectivity index (χ2v) is 2.59. The Morgan fingerprint density at radius 3 is 3.25 bits per heavy atom. The monoisotopic (exact) mass is 159 g/mol. The summed E-state index contributed by atoms with van der Waals surface area (Å²) in [4.78, 5) is 4.22. The number of pyridine rings is 1. The van der Waals surface area contributed by atoms with Crippen LogP contribution in [0.1, 0.15) is 0 Å². The van der Waals surface area contributed by atoms with Crippen LogP contribution in [0.2, 0.25) is 0 Å². The second-order valence-electron chi connectivity index (χ2n) is 2.59. The fourth-order valence-electron chi connectivity index (χ4n) is 1.27. The average molecular weight is 159 g/mol. The molecule has 0 unspecified atom stereocenters. The molecule has 0 aliphatic rings. The summed E-state index contributed by atoms with van der Waals surface area (Å²) in [5.41, 5.74) is 0.945. The molecule has 0 spiro atoms. The van der Waals surface area contributed by atoms with Gasteiger partial charge in [-0.1, -0.05) is 0 Å². The zero-order chi connectivity index (χ0) is 8.39. The van der Waals surface area contributed by atoms with E-state index in [9.17, 15) is 0 Å². The molecule has 0 amide bonds. The zero-order valence-electron chi connectivity index (χ0n) is 6.57. The van der Waals surface area contributed by atoms with Crippen molar-refractivity contribution < 1.29 is 0 Å². The molecule has 0 bridgehead atoms. The maximum Gasteiger partial charge on any atom is 0.140 e. The third kappa shape index (κ3) is 0.993. The minimum atomic E-state index is 0.598. The van der Waals surface area contributed by atoms with Crippen LogP contribution >= 0.6 is 0 Å². The van der Waals surface area contributed by atoms with Crippen LogP contribution in [0.4, 0.5) is 0 Å². The summed E-state index contributed by atoms with van der Waals surface area (Å²) in [7, 11) is 0. The molecule has 2 aromatic heterocycles. The van der Waals surface area contributed by atoms with Crippen molar-refractivity contribution in [3.8, 4) is 0 Å².